The van der Waals surface area contributed by atoms with E-state index in [1.807, 2.05) is 6.92 Å². The summed E-state index contributed by atoms with van der Waals surface area (Å²) in [5.41, 5.74) is 0. The summed E-state index contributed by atoms with van der Waals surface area (Å²) in [5.74, 6) is 0. The van der Waals surface area contributed by atoms with Gasteiger partial charge in [-0.2, -0.15) is 8.42 Å². The van der Waals surface area contributed by atoms with E-state index in [4.69, 9.17) is 4.55 Å². The predicted octanol–water partition coefficient (Wildman–Crippen LogP) is 1.83. The van der Waals surface area contributed by atoms with Crippen LogP contribution in [0, 0.1) is 0 Å². The number of hydrogen-bond acceptors (Lipinski definition) is 2. The zero-order valence-electron chi connectivity index (χ0n) is 5.75. The maximum Gasteiger partial charge on any atom is 0.277 e. The van der Waals surface area contributed by atoms with E-state index in [1.165, 1.54) is 0 Å². The smallest absolute Gasteiger partial charge is 0.277 e. The fraction of sp³-hybridized carbons (Fsp3) is 1.00. The van der Waals surface area contributed by atoms with Crippen molar-refractivity contribution >= 4 is 32.7 Å². The third-order valence-corrected chi connectivity index (χ3v) is 4.54. The minimum Gasteiger partial charge on any atom is -0.285 e. The molecule has 62 valence electrons. The molecular formula is C5H11IO3S. The highest BCUT2D eigenvalue weighted by Gasteiger charge is 2.17. The van der Waals surface area contributed by atoms with Gasteiger partial charge in [-0.25, -0.2) is 0 Å². The molecule has 0 aromatic heterocycles. The molecule has 0 aliphatic heterocycles. The zero-order valence-corrected chi connectivity index (χ0v) is 8.72. The minimum absolute atomic E-state index is 0.538. The third-order valence-electron chi connectivity index (χ3n) is 1.11. The maximum atomic E-state index is 10.4. The Bertz CT molecular complexity index is 175. The number of halogens is 1. The predicted molar refractivity (Wildman–Crippen MR) is 48.9 cm³/mol. The van der Waals surface area contributed by atoms with Crippen LogP contribution in [0.25, 0.3) is 0 Å². The van der Waals surface area contributed by atoms with Crippen LogP contribution in [-0.2, 0) is 10.1 Å². The first-order valence-electron chi connectivity index (χ1n) is 3.09. The van der Waals surface area contributed by atoms with Crippen molar-refractivity contribution in [2.75, 3.05) is 0 Å². The highest BCUT2D eigenvalue weighted by atomic mass is 127. The molecule has 0 aliphatic carbocycles. The lowest BCUT2D eigenvalue weighted by molar-refractivity contribution is 0.478. The van der Waals surface area contributed by atoms with Crippen LogP contribution in [0.1, 0.15) is 26.2 Å². The number of rotatable bonds is 4. The van der Waals surface area contributed by atoms with Gasteiger partial charge in [0.2, 0.25) is 0 Å². The topological polar surface area (TPSA) is 54.4 Å². The molecule has 0 saturated heterocycles. The summed E-state index contributed by atoms with van der Waals surface area (Å²) >= 11 is 1.73. The van der Waals surface area contributed by atoms with E-state index >= 15 is 0 Å². The van der Waals surface area contributed by atoms with Crippen LogP contribution < -0.4 is 0 Å². The van der Waals surface area contributed by atoms with Crippen molar-refractivity contribution in [2.45, 2.75) is 29.4 Å². The highest BCUT2D eigenvalue weighted by Crippen LogP contribution is 2.15. The molecule has 0 heterocycles. The molecule has 0 radical (unpaired) electrons. The van der Waals surface area contributed by atoms with Gasteiger partial charge in [-0.3, -0.25) is 4.55 Å². The Morgan fingerprint density at radius 1 is 1.60 bits per heavy atom. The van der Waals surface area contributed by atoms with Gasteiger partial charge in [0.1, 0.15) is 3.26 Å². The molecule has 0 aromatic carbocycles. The van der Waals surface area contributed by atoms with Crippen molar-refractivity contribution in [1.29, 1.82) is 0 Å². The minimum atomic E-state index is -3.79. The lowest BCUT2D eigenvalue weighted by atomic mass is 10.3. The Hall–Kier alpha value is 0.640. The van der Waals surface area contributed by atoms with Gasteiger partial charge in [-0.1, -0.05) is 42.4 Å². The molecule has 0 spiro atoms. The Kier molecular flexibility index (Phi) is 4.79. The second-order valence-electron chi connectivity index (χ2n) is 2.07. The molecule has 5 heteroatoms. The van der Waals surface area contributed by atoms with E-state index < -0.39 is 13.4 Å². The van der Waals surface area contributed by atoms with Gasteiger partial charge < -0.3 is 0 Å². The molecule has 0 aliphatic rings. The Labute approximate surface area is 75.1 Å². The van der Waals surface area contributed by atoms with Crippen LogP contribution in [0.4, 0.5) is 0 Å². The van der Waals surface area contributed by atoms with E-state index in [2.05, 4.69) is 0 Å². The average molecular weight is 278 g/mol. The zero-order chi connectivity index (χ0) is 8.20. The third kappa shape index (κ3) is 4.45. The molecule has 3 nitrogen and oxygen atoms in total. The lowest BCUT2D eigenvalue weighted by Gasteiger charge is -2.03. The summed E-state index contributed by atoms with van der Waals surface area (Å²) in [6.07, 6.45) is 2.33. The van der Waals surface area contributed by atoms with Gasteiger partial charge in [-0.05, 0) is 6.42 Å². The number of hydrogen-bond donors (Lipinski definition) is 1. The fourth-order valence-electron chi connectivity index (χ4n) is 0.514. The molecule has 1 atom stereocenters. The van der Waals surface area contributed by atoms with Crippen molar-refractivity contribution in [1.82, 2.24) is 0 Å². The molecule has 0 rings (SSSR count). The molecule has 1 N–H and O–H groups in total. The van der Waals surface area contributed by atoms with Crippen LogP contribution in [0.2, 0.25) is 0 Å². The van der Waals surface area contributed by atoms with Gasteiger partial charge in [-0.15, -0.1) is 0 Å². The monoisotopic (exact) mass is 278 g/mol. The standard InChI is InChI=1S/C5H11IO3S/c1-2-3-4-5(6)10(7,8)9/h5H,2-4H2,1H3,(H,7,8,9). The average Bonchev–Trinajstić information content (AvgIpc) is 1.80. The first-order chi connectivity index (χ1) is 4.48. The summed E-state index contributed by atoms with van der Waals surface area (Å²) in [7, 11) is -3.79. The van der Waals surface area contributed by atoms with E-state index in [0.717, 1.165) is 12.8 Å². The summed E-state index contributed by atoms with van der Waals surface area (Å²) in [6, 6.07) is 0. The Balaban J connectivity index is 3.75. The molecule has 0 fully saturated rings. The highest BCUT2D eigenvalue weighted by molar-refractivity contribution is 14.1. The number of unbranched alkanes of at least 4 members (excludes halogenated alkanes) is 1. The lowest BCUT2D eigenvalue weighted by Crippen LogP contribution is -2.12. The van der Waals surface area contributed by atoms with Crippen molar-refractivity contribution in [3.63, 3.8) is 0 Å². The van der Waals surface area contributed by atoms with Gasteiger partial charge in [0.25, 0.3) is 10.1 Å². The van der Waals surface area contributed by atoms with E-state index in [0.29, 0.717) is 6.42 Å². The molecule has 1 unspecified atom stereocenters. The molecular weight excluding hydrogens is 267 g/mol. The quantitative estimate of drug-likeness (QED) is 0.485. The van der Waals surface area contributed by atoms with Crippen LogP contribution in [0.3, 0.4) is 0 Å². The van der Waals surface area contributed by atoms with Gasteiger partial charge >= 0.3 is 0 Å². The number of alkyl halides is 1. The summed E-state index contributed by atoms with van der Waals surface area (Å²) in [4.78, 5) is 0. The SMILES string of the molecule is CCCCC(I)S(=O)(=O)O. The van der Waals surface area contributed by atoms with E-state index in [-0.39, 0.29) is 0 Å². The van der Waals surface area contributed by atoms with Crippen LogP contribution in [-0.4, -0.2) is 16.2 Å². The van der Waals surface area contributed by atoms with Gasteiger partial charge in [0.05, 0.1) is 0 Å². The summed E-state index contributed by atoms with van der Waals surface area (Å²) in [5, 5.41) is 0. The largest absolute Gasteiger partial charge is 0.285 e. The molecule has 10 heavy (non-hydrogen) atoms. The fourth-order valence-corrected chi connectivity index (χ4v) is 1.42. The van der Waals surface area contributed by atoms with Crippen LogP contribution in [0.15, 0.2) is 0 Å². The second-order valence-corrected chi connectivity index (χ2v) is 6.02. The van der Waals surface area contributed by atoms with Crippen LogP contribution in [0.5, 0.6) is 0 Å². The summed E-state index contributed by atoms with van der Waals surface area (Å²) < 4.78 is 28.6. The molecule has 0 amide bonds. The van der Waals surface area contributed by atoms with Gasteiger partial charge in [0, 0.05) is 0 Å². The van der Waals surface area contributed by atoms with Crippen molar-refractivity contribution in [2.24, 2.45) is 0 Å². The maximum absolute atomic E-state index is 10.4. The summed E-state index contributed by atoms with van der Waals surface area (Å²) in [6.45, 7) is 1.98. The molecule has 0 saturated carbocycles. The normalized spacial score (nSPS) is 15.1. The van der Waals surface area contributed by atoms with Crippen LogP contribution >= 0.6 is 22.6 Å². The van der Waals surface area contributed by atoms with E-state index in [1.54, 1.807) is 22.6 Å². The van der Waals surface area contributed by atoms with Crippen molar-refractivity contribution < 1.29 is 13.0 Å². The van der Waals surface area contributed by atoms with Crippen molar-refractivity contribution in [3.05, 3.63) is 0 Å². The Morgan fingerprint density at radius 2 is 2.10 bits per heavy atom. The first-order valence-corrected chi connectivity index (χ1v) is 5.83. The second kappa shape index (κ2) is 4.50. The molecule has 0 aromatic rings. The first kappa shape index (κ1) is 10.6. The van der Waals surface area contributed by atoms with Gasteiger partial charge in [0.15, 0.2) is 0 Å². The Morgan fingerprint density at radius 3 is 2.40 bits per heavy atom. The molecule has 0 bridgehead atoms. The van der Waals surface area contributed by atoms with Crippen molar-refractivity contribution in [3.8, 4) is 0 Å². The van der Waals surface area contributed by atoms with E-state index in [9.17, 15) is 8.42 Å².